The first kappa shape index (κ1) is 15.6. The van der Waals surface area contributed by atoms with Crippen LogP contribution in [0.3, 0.4) is 0 Å². The van der Waals surface area contributed by atoms with Gasteiger partial charge in [-0.15, -0.1) is 0 Å². The van der Waals surface area contributed by atoms with Gasteiger partial charge in [0.15, 0.2) is 0 Å². The lowest BCUT2D eigenvalue weighted by Gasteiger charge is -2.29. The predicted molar refractivity (Wildman–Crippen MR) is 81.7 cm³/mol. The second kappa shape index (κ2) is 5.56. The fourth-order valence-electron chi connectivity index (χ4n) is 2.95. The minimum absolute atomic E-state index is 0.00351. The molecule has 2 rings (SSSR count). The summed E-state index contributed by atoms with van der Waals surface area (Å²) in [5.41, 5.74) is 5.46. The molecule has 1 atom stereocenters. The molecule has 0 bridgehead atoms. The molecule has 0 spiro atoms. The third-order valence-electron chi connectivity index (χ3n) is 4.41. The van der Waals surface area contributed by atoms with E-state index in [1.165, 1.54) is 0 Å². The van der Waals surface area contributed by atoms with Crippen LogP contribution in [0.5, 0.6) is 0 Å². The van der Waals surface area contributed by atoms with Crippen molar-refractivity contribution in [2.24, 2.45) is 17.1 Å². The molecule has 1 amide bonds. The van der Waals surface area contributed by atoms with Crippen LogP contribution >= 0.6 is 11.6 Å². The van der Waals surface area contributed by atoms with Crippen molar-refractivity contribution >= 4 is 29.2 Å². The van der Waals surface area contributed by atoms with E-state index in [9.17, 15) is 14.7 Å². The number of amides is 1. The van der Waals surface area contributed by atoms with Gasteiger partial charge in [-0.2, -0.15) is 0 Å². The summed E-state index contributed by atoms with van der Waals surface area (Å²) in [7, 11) is 0. The minimum atomic E-state index is -0.808. The Kier molecular flexibility index (Phi) is 4.14. The Morgan fingerprint density at radius 2 is 2.10 bits per heavy atom. The molecule has 5 nitrogen and oxygen atoms in total. The number of nitrogens with zero attached hydrogens (tertiary/aromatic N) is 1. The second-order valence-corrected chi connectivity index (χ2v) is 6.19. The number of rotatable bonds is 4. The average Bonchev–Trinajstić information content (AvgIpc) is 2.84. The molecule has 1 saturated heterocycles. The van der Waals surface area contributed by atoms with Crippen LogP contribution in [0.2, 0.25) is 5.02 Å². The molecule has 1 aliphatic rings. The lowest BCUT2D eigenvalue weighted by Crippen LogP contribution is -2.39. The normalized spacial score (nSPS) is 21.8. The standard InChI is InChI=1S/C15H19ClN2O3/c1-9(2)15(14(20)21)6-7-18(8-15)11-5-3-4-10(16)12(11)13(17)19/h3-5,9H,6-8H2,1-2H3,(H2,17,19)(H,20,21). The highest BCUT2D eigenvalue weighted by Gasteiger charge is 2.47. The molecule has 1 fully saturated rings. The van der Waals surface area contributed by atoms with E-state index in [2.05, 4.69) is 0 Å². The number of nitrogens with two attached hydrogens (primary N) is 1. The molecule has 0 saturated carbocycles. The summed E-state index contributed by atoms with van der Waals surface area (Å²) in [6.07, 6.45) is 0.532. The number of carbonyl (C=O) groups is 2. The van der Waals surface area contributed by atoms with Crippen molar-refractivity contribution in [3.05, 3.63) is 28.8 Å². The zero-order valence-corrected chi connectivity index (χ0v) is 12.9. The summed E-state index contributed by atoms with van der Waals surface area (Å²) >= 11 is 6.06. The zero-order valence-electron chi connectivity index (χ0n) is 12.1. The van der Waals surface area contributed by atoms with Gasteiger partial charge in [-0.05, 0) is 24.5 Å². The minimum Gasteiger partial charge on any atom is -0.481 e. The average molecular weight is 311 g/mol. The van der Waals surface area contributed by atoms with Crippen LogP contribution < -0.4 is 10.6 Å². The maximum atomic E-state index is 11.7. The highest BCUT2D eigenvalue weighted by atomic mass is 35.5. The number of carbonyl (C=O) groups excluding carboxylic acids is 1. The van der Waals surface area contributed by atoms with Gasteiger partial charge < -0.3 is 15.7 Å². The van der Waals surface area contributed by atoms with Crippen LogP contribution in [0.1, 0.15) is 30.6 Å². The largest absolute Gasteiger partial charge is 0.481 e. The number of aliphatic carboxylic acids is 1. The number of halogens is 1. The molecule has 1 unspecified atom stereocenters. The van der Waals surface area contributed by atoms with Crippen molar-refractivity contribution in [1.82, 2.24) is 0 Å². The molecule has 3 N–H and O–H groups in total. The van der Waals surface area contributed by atoms with Crippen LogP contribution in [0, 0.1) is 11.3 Å². The number of hydrogen-bond acceptors (Lipinski definition) is 3. The molecular formula is C15H19ClN2O3. The van der Waals surface area contributed by atoms with Gasteiger partial charge in [0.25, 0.3) is 5.91 Å². The van der Waals surface area contributed by atoms with Crippen LogP contribution in [-0.4, -0.2) is 30.1 Å². The summed E-state index contributed by atoms with van der Waals surface area (Å²) in [4.78, 5) is 25.2. The van der Waals surface area contributed by atoms with Crippen LogP contribution in [0.25, 0.3) is 0 Å². The van der Waals surface area contributed by atoms with Gasteiger partial charge in [-0.25, -0.2) is 0 Å². The fraction of sp³-hybridized carbons (Fsp3) is 0.467. The van der Waals surface area contributed by atoms with E-state index in [0.29, 0.717) is 25.2 Å². The molecule has 1 aromatic rings. The summed E-state index contributed by atoms with van der Waals surface area (Å²) in [5.74, 6) is -1.41. The Balaban J connectivity index is 2.41. The van der Waals surface area contributed by atoms with Gasteiger partial charge in [0.05, 0.1) is 21.7 Å². The van der Waals surface area contributed by atoms with Gasteiger partial charge in [0.2, 0.25) is 0 Å². The quantitative estimate of drug-likeness (QED) is 0.894. The van der Waals surface area contributed by atoms with E-state index < -0.39 is 17.3 Å². The van der Waals surface area contributed by atoms with Gasteiger partial charge >= 0.3 is 5.97 Å². The highest BCUT2D eigenvalue weighted by Crippen LogP contribution is 2.41. The molecule has 1 heterocycles. The lowest BCUT2D eigenvalue weighted by atomic mass is 9.76. The SMILES string of the molecule is CC(C)C1(C(=O)O)CCN(c2cccc(Cl)c2C(N)=O)C1. The molecule has 6 heteroatoms. The Labute approximate surface area is 128 Å². The lowest BCUT2D eigenvalue weighted by molar-refractivity contribution is -0.150. The van der Waals surface area contributed by atoms with E-state index >= 15 is 0 Å². The first-order chi connectivity index (χ1) is 9.79. The monoisotopic (exact) mass is 310 g/mol. The molecule has 114 valence electrons. The topological polar surface area (TPSA) is 83.6 Å². The van der Waals surface area contributed by atoms with E-state index in [4.69, 9.17) is 17.3 Å². The number of anilines is 1. The summed E-state index contributed by atoms with van der Waals surface area (Å²) in [6.45, 7) is 4.72. The number of primary amides is 1. The van der Waals surface area contributed by atoms with E-state index in [1.807, 2.05) is 18.7 Å². The van der Waals surface area contributed by atoms with Gasteiger partial charge in [0.1, 0.15) is 0 Å². The van der Waals surface area contributed by atoms with Crippen molar-refractivity contribution < 1.29 is 14.7 Å². The summed E-state index contributed by atoms with van der Waals surface area (Å²) < 4.78 is 0. The zero-order chi connectivity index (χ0) is 15.8. The molecule has 0 aromatic heterocycles. The Hall–Kier alpha value is -1.75. The molecule has 0 radical (unpaired) electrons. The van der Waals surface area contributed by atoms with Crippen molar-refractivity contribution in [1.29, 1.82) is 0 Å². The summed E-state index contributed by atoms with van der Waals surface area (Å²) in [5, 5.41) is 9.88. The molecular weight excluding hydrogens is 292 g/mol. The Bertz CT molecular complexity index is 588. The maximum absolute atomic E-state index is 11.7. The van der Waals surface area contributed by atoms with E-state index in [1.54, 1.807) is 18.2 Å². The second-order valence-electron chi connectivity index (χ2n) is 5.79. The van der Waals surface area contributed by atoms with Crippen molar-refractivity contribution in [3.63, 3.8) is 0 Å². The first-order valence-corrected chi connectivity index (χ1v) is 7.24. The Morgan fingerprint density at radius 1 is 1.43 bits per heavy atom. The van der Waals surface area contributed by atoms with Crippen molar-refractivity contribution in [3.8, 4) is 0 Å². The van der Waals surface area contributed by atoms with Crippen LogP contribution in [0.4, 0.5) is 5.69 Å². The van der Waals surface area contributed by atoms with Crippen LogP contribution in [-0.2, 0) is 4.79 Å². The van der Waals surface area contributed by atoms with Crippen LogP contribution in [0.15, 0.2) is 18.2 Å². The number of carboxylic acids is 1. The number of hydrogen-bond donors (Lipinski definition) is 2. The predicted octanol–water partition coefficient (Wildman–Crippen LogP) is 2.38. The molecule has 1 aliphatic heterocycles. The first-order valence-electron chi connectivity index (χ1n) is 6.86. The third kappa shape index (κ3) is 2.58. The van der Waals surface area contributed by atoms with Gasteiger partial charge in [-0.1, -0.05) is 31.5 Å². The number of carboxylic acid groups (broad SMARTS) is 1. The molecule has 0 aliphatic carbocycles. The molecule has 21 heavy (non-hydrogen) atoms. The van der Waals surface area contributed by atoms with Crippen molar-refractivity contribution in [2.75, 3.05) is 18.0 Å². The maximum Gasteiger partial charge on any atom is 0.311 e. The summed E-state index contributed by atoms with van der Waals surface area (Å²) in [6, 6.07) is 5.10. The van der Waals surface area contributed by atoms with E-state index in [-0.39, 0.29) is 16.5 Å². The van der Waals surface area contributed by atoms with Crippen molar-refractivity contribution in [2.45, 2.75) is 20.3 Å². The molecule has 1 aromatic carbocycles. The van der Waals surface area contributed by atoms with Gasteiger partial charge in [0, 0.05) is 13.1 Å². The number of benzene rings is 1. The van der Waals surface area contributed by atoms with E-state index in [0.717, 1.165) is 0 Å². The fourth-order valence-corrected chi connectivity index (χ4v) is 3.21. The van der Waals surface area contributed by atoms with Gasteiger partial charge in [-0.3, -0.25) is 9.59 Å². The smallest absolute Gasteiger partial charge is 0.311 e. The highest BCUT2D eigenvalue weighted by molar-refractivity contribution is 6.34. The Morgan fingerprint density at radius 3 is 2.57 bits per heavy atom. The third-order valence-corrected chi connectivity index (χ3v) is 4.73.